The number of amides is 1. The molecule has 1 atom stereocenters. The van der Waals surface area contributed by atoms with Gasteiger partial charge in [0.2, 0.25) is 5.91 Å². The lowest BCUT2D eigenvalue weighted by Gasteiger charge is -2.13. The van der Waals surface area contributed by atoms with Crippen LogP contribution >= 0.6 is 0 Å². The number of anilines is 1. The number of nitrogens with zero attached hydrogens (tertiary/aromatic N) is 1. The van der Waals surface area contributed by atoms with Crippen LogP contribution in [0, 0.1) is 13.8 Å². The van der Waals surface area contributed by atoms with Gasteiger partial charge in [0.15, 0.2) is 0 Å². The minimum Gasteiger partial charge on any atom is -0.506 e. The lowest BCUT2D eigenvalue weighted by atomic mass is 9.95. The van der Waals surface area contributed by atoms with Crippen molar-refractivity contribution in [2.75, 3.05) is 12.4 Å². The number of methoxy groups -OCH3 is 1. The summed E-state index contributed by atoms with van der Waals surface area (Å²) in [7, 11) is 1.53. The van der Waals surface area contributed by atoms with E-state index in [0.29, 0.717) is 17.9 Å². The predicted octanol–water partition coefficient (Wildman–Crippen LogP) is 2.87. The Bertz CT molecular complexity index is 660. The van der Waals surface area contributed by atoms with Crippen LogP contribution in [0.15, 0.2) is 18.2 Å². The van der Waals surface area contributed by atoms with Gasteiger partial charge in [-0.2, -0.15) is 5.10 Å². The molecule has 0 spiro atoms. The van der Waals surface area contributed by atoms with E-state index in [9.17, 15) is 9.90 Å². The molecule has 0 bridgehead atoms. The van der Waals surface area contributed by atoms with Crippen LogP contribution < -0.4 is 10.1 Å². The smallest absolute Gasteiger partial charge is 0.225 e. The SMILES string of the molecule is COc1ccc(O)c(NC(=O)C[C@@H](C)c2c(C)n[nH]c2C)c1. The minimum absolute atomic E-state index is 0.0116. The summed E-state index contributed by atoms with van der Waals surface area (Å²) >= 11 is 0. The van der Waals surface area contributed by atoms with Gasteiger partial charge in [-0.3, -0.25) is 9.89 Å². The number of carbonyl (C=O) groups is 1. The number of aromatic hydroxyl groups is 1. The van der Waals surface area contributed by atoms with Gasteiger partial charge in [0.1, 0.15) is 11.5 Å². The van der Waals surface area contributed by atoms with E-state index in [0.717, 1.165) is 17.0 Å². The number of aromatic amines is 1. The van der Waals surface area contributed by atoms with Crippen LogP contribution in [0.25, 0.3) is 0 Å². The molecule has 0 unspecified atom stereocenters. The molecule has 0 aliphatic carbocycles. The molecule has 22 heavy (non-hydrogen) atoms. The van der Waals surface area contributed by atoms with E-state index in [1.54, 1.807) is 12.1 Å². The Morgan fingerprint density at radius 1 is 1.45 bits per heavy atom. The van der Waals surface area contributed by atoms with E-state index in [4.69, 9.17) is 4.74 Å². The molecule has 1 amide bonds. The number of nitrogens with one attached hydrogen (secondary N) is 2. The fraction of sp³-hybridized carbons (Fsp3) is 0.375. The maximum atomic E-state index is 12.2. The molecule has 2 aromatic rings. The molecule has 2 rings (SSSR count). The fourth-order valence-electron chi connectivity index (χ4n) is 2.61. The van der Waals surface area contributed by atoms with E-state index in [-0.39, 0.29) is 17.6 Å². The van der Waals surface area contributed by atoms with Gasteiger partial charge >= 0.3 is 0 Å². The maximum absolute atomic E-state index is 12.2. The van der Waals surface area contributed by atoms with Crippen molar-refractivity contribution in [3.63, 3.8) is 0 Å². The molecule has 6 nitrogen and oxygen atoms in total. The number of rotatable bonds is 5. The largest absolute Gasteiger partial charge is 0.506 e. The summed E-state index contributed by atoms with van der Waals surface area (Å²) in [5.41, 5.74) is 3.28. The first-order chi connectivity index (χ1) is 10.4. The molecule has 118 valence electrons. The molecule has 0 aliphatic heterocycles. The number of H-pyrrole nitrogens is 1. The van der Waals surface area contributed by atoms with Crippen LogP contribution in [0.1, 0.15) is 36.2 Å². The van der Waals surface area contributed by atoms with Crippen molar-refractivity contribution in [3.05, 3.63) is 35.2 Å². The Morgan fingerprint density at radius 3 is 2.77 bits per heavy atom. The van der Waals surface area contributed by atoms with Gasteiger partial charge in [-0.05, 0) is 37.5 Å². The molecule has 3 N–H and O–H groups in total. The van der Waals surface area contributed by atoms with Crippen LogP contribution in [0.5, 0.6) is 11.5 Å². The second-order valence-electron chi connectivity index (χ2n) is 5.38. The quantitative estimate of drug-likeness (QED) is 0.741. The number of phenolic OH excluding ortho intramolecular Hbond substituents is 1. The van der Waals surface area contributed by atoms with Gasteiger partial charge in [-0.25, -0.2) is 0 Å². The molecule has 0 aliphatic rings. The third kappa shape index (κ3) is 3.39. The molecule has 0 radical (unpaired) electrons. The zero-order valence-corrected chi connectivity index (χ0v) is 13.2. The zero-order valence-electron chi connectivity index (χ0n) is 13.2. The summed E-state index contributed by atoms with van der Waals surface area (Å²) in [6.07, 6.45) is 0.303. The Kier molecular flexibility index (Phi) is 4.70. The highest BCUT2D eigenvalue weighted by molar-refractivity contribution is 5.93. The zero-order chi connectivity index (χ0) is 16.3. The van der Waals surface area contributed by atoms with Crippen molar-refractivity contribution in [1.82, 2.24) is 10.2 Å². The average Bonchev–Trinajstić information content (AvgIpc) is 2.80. The van der Waals surface area contributed by atoms with Crippen LogP contribution in [0.2, 0.25) is 0 Å². The van der Waals surface area contributed by atoms with Gasteiger partial charge < -0.3 is 15.2 Å². The van der Waals surface area contributed by atoms with E-state index >= 15 is 0 Å². The first kappa shape index (κ1) is 15.9. The summed E-state index contributed by atoms with van der Waals surface area (Å²) in [5.74, 6) is 0.447. The molecular formula is C16H21N3O3. The third-order valence-corrected chi connectivity index (χ3v) is 3.65. The van der Waals surface area contributed by atoms with Crippen LogP contribution in [-0.2, 0) is 4.79 Å². The Labute approximate surface area is 129 Å². The molecule has 1 aromatic heterocycles. The highest BCUT2D eigenvalue weighted by atomic mass is 16.5. The molecule has 0 saturated heterocycles. The molecular weight excluding hydrogens is 282 g/mol. The predicted molar refractivity (Wildman–Crippen MR) is 84.4 cm³/mol. The summed E-state index contributed by atoms with van der Waals surface area (Å²) in [4.78, 5) is 12.2. The van der Waals surface area contributed by atoms with Crippen molar-refractivity contribution in [2.24, 2.45) is 0 Å². The van der Waals surface area contributed by atoms with E-state index < -0.39 is 0 Å². The molecule has 1 heterocycles. The number of hydrogen-bond donors (Lipinski definition) is 3. The average molecular weight is 303 g/mol. The molecule has 1 aromatic carbocycles. The standard InChI is InChI=1S/C16H21N3O3/c1-9(16-10(2)18-19-11(16)3)7-15(21)17-13-8-12(22-4)5-6-14(13)20/h5-6,8-9,20H,7H2,1-4H3,(H,17,21)(H,18,19)/t9-/m1/s1. The van der Waals surface area contributed by atoms with E-state index in [1.807, 2.05) is 20.8 Å². The number of hydrogen-bond acceptors (Lipinski definition) is 4. The lowest BCUT2D eigenvalue weighted by molar-refractivity contribution is -0.116. The van der Waals surface area contributed by atoms with Crippen molar-refractivity contribution in [3.8, 4) is 11.5 Å². The second kappa shape index (κ2) is 6.51. The number of phenols is 1. The van der Waals surface area contributed by atoms with Gasteiger partial charge in [0.25, 0.3) is 0 Å². The first-order valence-electron chi connectivity index (χ1n) is 7.10. The first-order valence-corrected chi connectivity index (χ1v) is 7.10. The van der Waals surface area contributed by atoms with Crippen molar-refractivity contribution >= 4 is 11.6 Å². The van der Waals surface area contributed by atoms with Crippen LogP contribution in [0.3, 0.4) is 0 Å². The van der Waals surface area contributed by atoms with E-state index in [1.165, 1.54) is 13.2 Å². The Balaban J connectivity index is 2.07. The van der Waals surface area contributed by atoms with Crippen LogP contribution in [0.4, 0.5) is 5.69 Å². The number of aromatic nitrogens is 2. The second-order valence-corrected chi connectivity index (χ2v) is 5.38. The summed E-state index contributed by atoms with van der Waals surface area (Å²) in [6.45, 7) is 5.84. The Morgan fingerprint density at radius 2 is 2.18 bits per heavy atom. The molecule has 0 saturated carbocycles. The topological polar surface area (TPSA) is 87.2 Å². The highest BCUT2D eigenvalue weighted by Gasteiger charge is 2.18. The molecule has 6 heteroatoms. The number of aryl methyl sites for hydroxylation is 2. The van der Waals surface area contributed by atoms with Crippen molar-refractivity contribution in [1.29, 1.82) is 0 Å². The highest BCUT2D eigenvalue weighted by Crippen LogP contribution is 2.29. The minimum atomic E-state index is -0.170. The maximum Gasteiger partial charge on any atom is 0.225 e. The summed E-state index contributed by atoms with van der Waals surface area (Å²) < 4.78 is 5.09. The lowest BCUT2D eigenvalue weighted by Crippen LogP contribution is -2.15. The monoisotopic (exact) mass is 303 g/mol. The summed E-state index contributed by atoms with van der Waals surface area (Å²) in [5, 5.41) is 19.6. The van der Waals surface area contributed by atoms with E-state index in [2.05, 4.69) is 15.5 Å². The fourth-order valence-corrected chi connectivity index (χ4v) is 2.61. The van der Waals surface area contributed by atoms with Gasteiger partial charge in [-0.15, -0.1) is 0 Å². The molecule has 0 fully saturated rings. The van der Waals surface area contributed by atoms with Crippen LogP contribution in [-0.4, -0.2) is 28.3 Å². The number of ether oxygens (including phenoxy) is 1. The third-order valence-electron chi connectivity index (χ3n) is 3.65. The van der Waals surface area contributed by atoms with Gasteiger partial charge in [-0.1, -0.05) is 6.92 Å². The normalized spacial score (nSPS) is 12.0. The van der Waals surface area contributed by atoms with Gasteiger partial charge in [0, 0.05) is 18.2 Å². The van der Waals surface area contributed by atoms with Crippen molar-refractivity contribution < 1.29 is 14.6 Å². The summed E-state index contributed by atoms with van der Waals surface area (Å²) in [6, 6.07) is 4.71. The Hall–Kier alpha value is -2.50. The van der Waals surface area contributed by atoms with Gasteiger partial charge in [0.05, 0.1) is 18.5 Å². The number of benzene rings is 1. The number of carbonyl (C=O) groups excluding carboxylic acids is 1. The van der Waals surface area contributed by atoms with Crippen molar-refractivity contribution in [2.45, 2.75) is 33.1 Å².